The van der Waals surface area contributed by atoms with E-state index in [1.807, 2.05) is 13.8 Å². The average molecular weight is 513 g/mol. The molecule has 0 aromatic heterocycles. The molecule has 1 heterocycles. The average Bonchev–Trinajstić information content (AvgIpc) is 3.10. The topological polar surface area (TPSA) is 83.6 Å². The van der Waals surface area contributed by atoms with E-state index in [9.17, 15) is 26.8 Å². The molecule has 1 N–H and O–H groups in total. The number of nitrogens with zero attached hydrogens (tertiary/aromatic N) is 1. The second kappa shape index (κ2) is 10.00. The first kappa shape index (κ1) is 26.1. The van der Waals surface area contributed by atoms with E-state index >= 15 is 0 Å². The molecular formula is C24H27ClF2N2O4S. The lowest BCUT2D eigenvalue weighted by atomic mass is 10.0. The number of rotatable bonds is 6. The minimum absolute atomic E-state index is 0.0118. The van der Waals surface area contributed by atoms with Crippen LogP contribution in [0.25, 0.3) is 0 Å². The SMILES string of the molecule is CCS(=O)(=O)c1cccc(C(=O)N2[C@@H](C(=O)N[C@H](C)c3cc(F)c(Cl)cc3F)C[C@@H](C)[C@H]2C)c1. The molecule has 2 amide bonds. The lowest BCUT2D eigenvalue weighted by Crippen LogP contribution is -2.49. The van der Waals surface area contributed by atoms with Crippen molar-refractivity contribution in [1.29, 1.82) is 0 Å². The van der Waals surface area contributed by atoms with E-state index in [1.165, 1.54) is 43.0 Å². The van der Waals surface area contributed by atoms with Gasteiger partial charge in [0.05, 0.1) is 21.7 Å². The second-order valence-electron chi connectivity index (χ2n) is 8.63. The lowest BCUT2D eigenvalue weighted by molar-refractivity contribution is -0.125. The Hall–Kier alpha value is -2.52. The van der Waals surface area contributed by atoms with Crippen molar-refractivity contribution in [3.8, 4) is 0 Å². The second-order valence-corrected chi connectivity index (χ2v) is 11.3. The summed E-state index contributed by atoms with van der Waals surface area (Å²) in [5.74, 6) is -2.66. The maximum atomic E-state index is 14.3. The summed E-state index contributed by atoms with van der Waals surface area (Å²) in [5, 5.41) is 2.31. The van der Waals surface area contributed by atoms with Crippen molar-refractivity contribution >= 4 is 33.3 Å². The smallest absolute Gasteiger partial charge is 0.254 e. The van der Waals surface area contributed by atoms with Gasteiger partial charge in [0, 0.05) is 17.2 Å². The Labute approximate surface area is 203 Å². The molecule has 0 bridgehead atoms. The first-order chi connectivity index (χ1) is 15.9. The van der Waals surface area contributed by atoms with Gasteiger partial charge in [-0.25, -0.2) is 17.2 Å². The molecule has 1 aliphatic heterocycles. The van der Waals surface area contributed by atoms with E-state index in [2.05, 4.69) is 5.32 Å². The predicted octanol–water partition coefficient (Wildman–Crippen LogP) is 4.53. The van der Waals surface area contributed by atoms with E-state index < -0.39 is 45.4 Å². The lowest BCUT2D eigenvalue weighted by Gasteiger charge is -2.29. The fourth-order valence-corrected chi connectivity index (χ4v) is 5.25. The van der Waals surface area contributed by atoms with E-state index in [4.69, 9.17) is 11.6 Å². The van der Waals surface area contributed by atoms with Crippen molar-refractivity contribution in [2.45, 2.75) is 57.1 Å². The number of benzene rings is 2. The standard InChI is InChI=1S/C24H27ClF2N2O4S/c1-5-34(32,33)17-8-6-7-16(10-17)24(31)29-15(4)13(2)9-22(29)23(30)28-14(3)18-11-21(27)19(25)12-20(18)26/h6-8,10-15,22H,5,9H2,1-4H3,(H,28,30)/t13-,14-,15-,22-/m1/s1. The Balaban J connectivity index is 1.87. The number of sulfone groups is 1. The Morgan fingerprint density at radius 2 is 1.85 bits per heavy atom. The number of likely N-dealkylation sites (tertiary alicyclic amines) is 1. The normalized spacial score (nSPS) is 21.4. The maximum Gasteiger partial charge on any atom is 0.254 e. The molecule has 4 atom stereocenters. The Morgan fingerprint density at radius 1 is 1.18 bits per heavy atom. The molecular weight excluding hydrogens is 486 g/mol. The summed E-state index contributed by atoms with van der Waals surface area (Å²) in [7, 11) is -3.51. The van der Waals surface area contributed by atoms with E-state index in [0.29, 0.717) is 6.42 Å². The molecule has 2 aromatic carbocycles. The summed E-state index contributed by atoms with van der Waals surface area (Å²) < 4.78 is 52.7. The maximum absolute atomic E-state index is 14.3. The van der Waals surface area contributed by atoms with Crippen LogP contribution in [-0.4, -0.2) is 43.0 Å². The first-order valence-electron chi connectivity index (χ1n) is 11.0. The molecule has 0 unspecified atom stereocenters. The first-order valence-corrected chi connectivity index (χ1v) is 13.0. The molecule has 1 fully saturated rings. The van der Waals surface area contributed by atoms with Crippen LogP contribution in [0.3, 0.4) is 0 Å². The molecule has 34 heavy (non-hydrogen) atoms. The van der Waals surface area contributed by atoms with Gasteiger partial charge in [0.25, 0.3) is 5.91 Å². The van der Waals surface area contributed by atoms with Crippen molar-refractivity contribution in [3.05, 3.63) is 64.2 Å². The van der Waals surface area contributed by atoms with Gasteiger partial charge < -0.3 is 10.2 Å². The molecule has 0 aliphatic carbocycles. The monoisotopic (exact) mass is 512 g/mol. The van der Waals surface area contributed by atoms with Gasteiger partial charge in [-0.05, 0) is 56.5 Å². The molecule has 1 aliphatic rings. The van der Waals surface area contributed by atoms with Crippen molar-refractivity contribution in [2.75, 3.05) is 5.75 Å². The third-order valence-electron chi connectivity index (χ3n) is 6.42. The minimum Gasteiger partial charge on any atom is -0.348 e. The zero-order chi connectivity index (χ0) is 25.4. The van der Waals surface area contributed by atoms with Gasteiger partial charge in [0.15, 0.2) is 9.84 Å². The van der Waals surface area contributed by atoms with Gasteiger partial charge in [0.1, 0.15) is 17.7 Å². The molecule has 3 rings (SSSR count). The number of carbonyl (C=O) groups is 2. The molecule has 1 saturated heterocycles. The summed E-state index contributed by atoms with van der Waals surface area (Å²) in [6.45, 7) is 6.76. The number of amides is 2. The third-order valence-corrected chi connectivity index (χ3v) is 8.44. The van der Waals surface area contributed by atoms with Crippen molar-refractivity contribution in [2.24, 2.45) is 5.92 Å². The highest BCUT2D eigenvalue weighted by Crippen LogP contribution is 2.32. The van der Waals surface area contributed by atoms with Crippen LogP contribution in [0.5, 0.6) is 0 Å². The van der Waals surface area contributed by atoms with E-state index in [-0.39, 0.29) is 38.8 Å². The van der Waals surface area contributed by atoms with E-state index in [1.54, 1.807) is 0 Å². The Bertz CT molecular complexity index is 1220. The highest BCUT2D eigenvalue weighted by molar-refractivity contribution is 7.91. The molecule has 0 radical (unpaired) electrons. The third kappa shape index (κ3) is 5.10. The number of carbonyl (C=O) groups excluding carboxylic acids is 2. The number of nitrogens with one attached hydrogen (secondary N) is 1. The largest absolute Gasteiger partial charge is 0.348 e. The van der Waals surface area contributed by atoms with Crippen LogP contribution in [-0.2, 0) is 14.6 Å². The molecule has 2 aromatic rings. The van der Waals surface area contributed by atoms with Gasteiger partial charge in [-0.15, -0.1) is 0 Å². The molecule has 0 saturated carbocycles. The van der Waals surface area contributed by atoms with Crippen molar-refractivity contribution < 1.29 is 26.8 Å². The Morgan fingerprint density at radius 3 is 2.50 bits per heavy atom. The zero-order valence-corrected chi connectivity index (χ0v) is 20.9. The van der Waals surface area contributed by atoms with Crippen LogP contribution in [0.4, 0.5) is 8.78 Å². The summed E-state index contributed by atoms with van der Waals surface area (Å²) in [4.78, 5) is 28.0. The molecule has 6 nitrogen and oxygen atoms in total. The van der Waals surface area contributed by atoms with Gasteiger partial charge in [-0.2, -0.15) is 0 Å². The minimum atomic E-state index is -3.51. The summed E-state index contributed by atoms with van der Waals surface area (Å²) in [6.07, 6.45) is 0.371. The molecule has 10 heteroatoms. The number of hydrogen-bond acceptors (Lipinski definition) is 4. The van der Waals surface area contributed by atoms with Gasteiger partial charge >= 0.3 is 0 Å². The number of hydrogen-bond donors (Lipinski definition) is 1. The quantitative estimate of drug-likeness (QED) is 0.576. The number of halogens is 3. The fraction of sp³-hybridized carbons (Fsp3) is 0.417. The van der Waals surface area contributed by atoms with Gasteiger partial charge in [-0.3, -0.25) is 9.59 Å². The fourth-order valence-electron chi connectivity index (χ4n) is 4.18. The van der Waals surface area contributed by atoms with Gasteiger partial charge in [-0.1, -0.05) is 31.5 Å². The Kier molecular flexibility index (Phi) is 7.67. The van der Waals surface area contributed by atoms with Crippen molar-refractivity contribution in [1.82, 2.24) is 10.2 Å². The van der Waals surface area contributed by atoms with Crippen LogP contribution in [0.15, 0.2) is 41.3 Å². The van der Waals surface area contributed by atoms with Gasteiger partial charge in [0.2, 0.25) is 5.91 Å². The van der Waals surface area contributed by atoms with Crippen LogP contribution >= 0.6 is 11.6 Å². The van der Waals surface area contributed by atoms with Crippen LogP contribution in [0.1, 0.15) is 56.1 Å². The zero-order valence-electron chi connectivity index (χ0n) is 19.3. The predicted molar refractivity (Wildman–Crippen MR) is 125 cm³/mol. The summed E-state index contributed by atoms with van der Waals surface area (Å²) >= 11 is 5.61. The van der Waals surface area contributed by atoms with Crippen LogP contribution in [0, 0.1) is 17.6 Å². The van der Waals surface area contributed by atoms with Crippen LogP contribution < -0.4 is 5.32 Å². The molecule has 0 spiro atoms. The summed E-state index contributed by atoms with van der Waals surface area (Å²) in [5.41, 5.74) is 0.0943. The highest BCUT2D eigenvalue weighted by Gasteiger charge is 2.43. The van der Waals surface area contributed by atoms with E-state index in [0.717, 1.165) is 12.1 Å². The van der Waals surface area contributed by atoms with Crippen molar-refractivity contribution in [3.63, 3.8) is 0 Å². The summed E-state index contributed by atoms with van der Waals surface area (Å²) in [6, 6.07) is 5.51. The highest BCUT2D eigenvalue weighted by atomic mass is 35.5. The molecule has 184 valence electrons. The van der Waals surface area contributed by atoms with Crippen LogP contribution in [0.2, 0.25) is 5.02 Å².